The van der Waals surface area contributed by atoms with E-state index in [1.54, 1.807) is 18.5 Å². The maximum Gasteiger partial charge on any atom is 0.274 e. The van der Waals surface area contributed by atoms with Crippen LogP contribution in [0.3, 0.4) is 0 Å². The van der Waals surface area contributed by atoms with Crippen molar-refractivity contribution in [3.05, 3.63) is 36.0 Å². The number of aromatic nitrogens is 6. The van der Waals surface area contributed by atoms with Gasteiger partial charge in [-0.3, -0.25) is 9.48 Å². The second-order valence-electron chi connectivity index (χ2n) is 9.42. The Morgan fingerprint density at radius 3 is 2.91 bits per heavy atom. The number of carbonyl (C=O) groups is 1. The zero-order valence-electron chi connectivity index (χ0n) is 18.5. The summed E-state index contributed by atoms with van der Waals surface area (Å²) < 4.78 is 15.6. The van der Waals surface area contributed by atoms with Crippen molar-refractivity contribution in [1.29, 1.82) is 0 Å². The molecule has 4 N–H and O–H groups in total. The smallest absolute Gasteiger partial charge is 0.274 e. The fraction of sp³-hybridized carbons (Fsp3) is 0.455. The molecule has 172 valence electrons. The molecule has 1 amide bonds. The zero-order chi connectivity index (χ0) is 23.2. The number of rotatable bonds is 4. The fourth-order valence-corrected chi connectivity index (χ4v) is 4.41. The number of nitrogens with one attached hydrogen (secondary N) is 2. The number of nitrogens with two attached hydrogens (primary N) is 1. The molecular formula is C22H26FN9O. The molecule has 0 aromatic carbocycles. The molecule has 1 saturated heterocycles. The lowest BCUT2D eigenvalue weighted by atomic mass is 9.90. The van der Waals surface area contributed by atoms with E-state index in [0.29, 0.717) is 23.8 Å². The second kappa shape index (κ2) is 8.14. The van der Waals surface area contributed by atoms with Gasteiger partial charge in [-0.15, -0.1) is 0 Å². The van der Waals surface area contributed by atoms with Crippen LogP contribution in [0.4, 0.5) is 10.2 Å². The Labute approximate surface area is 190 Å². The highest BCUT2D eigenvalue weighted by atomic mass is 19.1. The average molecular weight is 452 g/mol. The Hall–Kier alpha value is -3.47. The summed E-state index contributed by atoms with van der Waals surface area (Å²) >= 11 is 0. The predicted octanol–water partition coefficient (Wildman–Crippen LogP) is 1.39. The quantitative estimate of drug-likeness (QED) is 0.541. The number of nitrogen functional groups attached to an aromatic ring is 1. The molecule has 1 unspecified atom stereocenters. The molecule has 0 spiro atoms. The maximum atomic E-state index is 13.6. The standard InChI is InChI=1S/C22H26FN9O/c1-22(2)6-17-14(9-28-32(17)11-22)20-26-4-3-15(31-20)16-10-27-19(24)18(30-16)21(33)29-13-5-12(23)7-25-8-13/h3-4,9-10,12-13,25H,5-8,11H2,1-2H3,(H2,24,27)(H,29,33)/t12-,13?/m0/s1. The van der Waals surface area contributed by atoms with Crippen LogP contribution in [0.2, 0.25) is 0 Å². The molecule has 10 nitrogen and oxygen atoms in total. The van der Waals surface area contributed by atoms with Gasteiger partial charge in [-0.2, -0.15) is 5.10 Å². The zero-order valence-corrected chi connectivity index (χ0v) is 18.5. The normalized spacial score (nSPS) is 21.5. The van der Waals surface area contributed by atoms with Gasteiger partial charge >= 0.3 is 0 Å². The van der Waals surface area contributed by atoms with Gasteiger partial charge in [0.2, 0.25) is 0 Å². The van der Waals surface area contributed by atoms with E-state index in [9.17, 15) is 9.18 Å². The van der Waals surface area contributed by atoms with Gasteiger partial charge < -0.3 is 16.4 Å². The monoisotopic (exact) mass is 451 g/mol. The predicted molar refractivity (Wildman–Crippen MR) is 120 cm³/mol. The van der Waals surface area contributed by atoms with E-state index in [4.69, 9.17) is 5.73 Å². The van der Waals surface area contributed by atoms with E-state index < -0.39 is 12.1 Å². The molecule has 0 saturated carbocycles. The minimum absolute atomic E-state index is 0.00258. The molecule has 0 bridgehead atoms. The van der Waals surface area contributed by atoms with E-state index in [1.807, 2.05) is 4.68 Å². The maximum absolute atomic E-state index is 13.6. The Balaban J connectivity index is 1.41. The molecule has 1 fully saturated rings. The summed E-state index contributed by atoms with van der Waals surface area (Å²) in [6.45, 7) is 6.04. The Morgan fingerprint density at radius 1 is 1.24 bits per heavy atom. The van der Waals surface area contributed by atoms with Gasteiger partial charge in [0.15, 0.2) is 17.3 Å². The molecule has 3 aromatic heterocycles. The first-order chi connectivity index (χ1) is 15.8. The number of hydrogen-bond donors (Lipinski definition) is 3. The first-order valence-corrected chi connectivity index (χ1v) is 11.0. The van der Waals surface area contributed by atoms with Crippen molar-refractivity contribution in [1.82, 2.24) is 40.3 Å². The molecule has 0 aliphatic carbocycles. The van der Waals surface area contributed by atoms with E-state index in [1.165, 1.54) is 6.20 Å². The molecule has 3 aromatic rings. The van der Waals surface area contributed by atoms with Gasteiger partial charge in [0.05, 0.1) is 29.3 Å². The molecule has 11 heteroatoms. The number of halogens is 1. The SMILES string of the molecule is CC1(C)Cc2c(-c3nccc(-c4cnc(N)c(C(=O)NC5CNC[C@@H](F)C5)n4)n3)cnn2C1. The highest BCUT2D eigenvalue weighted by Gasteiger charge is 2.32. The summed E-state index contributed by atoms with van der Waals surface area (Å²) in [4.78, 5) is 30.4. The summed E-state index contributed by atoms with van der Waals surface area (Å²) in [7, 11) is 0. The number of carbonyl (C=O) groups excluding carboxylic acids is 1. The summed E-state index contributed by atoms with van der Waals surface area (Å²) in [5, 5.41) is 10.2. The first kappa shape index (κ1) is 21.4. The van der Waals surface area contributed by atoms with Crippen LogP contribution in [0.25, 0.3) is 22.8 Å². The van der Waals surface area contributed by atoms with Crippen molar-refractivity contribution in [2.45, 2.75) is 45.4 Å². The lowest BCUT2D eigenvalue weighted by molar-refractivity contribution is 0.0914. The average Bonchev–Trinajstić information content (AvgIpc) is 3.29. The Morgan fingerprint density at radius 2 is 2.09 bits per heavy atom. The van der Waals surface area contributed by atoms with Crippen LogP contribution in [0.5, 0.6) is 0 Å². The number of anilines is 1. The molecule has 2 aliphatic heterocycles. The molecular weight excluding hydrogens is 425 g/mol. The van der Waals surface area contributed by atoms with Gasteiger partial charge in [0.1, 0.15) is 11.9 Å². The van der Waals surface area contributed by atoms with Crippen molar-refractivity contribution in [3.8, 4) is 22.8 Å². The number of nitrogens with zero attached hydrogens (tertiary/aromatic N) is 6. The highest BCUT2D eigenvalue weighted by molar-refractivity contribution is 5.97. The van der Waals surface area contributed by atoms with Gasteiger partial charge in [0, 0.05) is 38.3 Å². The van der Waals surface area contributed by atoms with Crippen LogP contribution >= 0.6 is 0 Å². The third kappa shape index (κ3) is 4.28. The van der Waals surface area contributed by atoms with E-state index in [0.717, 1.165) is 24.2 Å². The van der Waals surface area contributed by atoms with Crippen LogP contribution in [0.1, 0.15) is 36.5 Å². The number of alkyl halides is 1. The first-order valence-electron chi connectivity index (χ1n) is 11.0. The summed E-state index contributed by atoms with van der Waals surface area (Å²) in [5.41, 5.74) is 8.95. The minimum Gasteiger partial charge on any atom is -0.382 e. The number of piperidine rings is 1. The van der Waals surface area contributed by atoms with E-state index in [2.05, 4.69) is 49.5 Å². The molecule has 5 heterocycles. The lowest BCUT2D eigenvalue weighted by Gasteiger charge is -2.26. The number of amides is 1. The van der Waals surface area contributed by atoms with Crippen LogP contribution in [-0.4, -0.2) is 60.9 Å². The fourth-order valence-electron chi connectivity index (χ4n) is 4.41. The van der Waals surface area contributed by atoms with Crippen LogP contribution in [0.15, 0.2) is 24.7 Å². The van der Waals surface area contributed by atoms with E-state index >= 15 is 0 Å². The van der Waals surface area contributed by atoms with Crippen molar-refractivity contribution in [2.24, 2.45) is 5.41 Å². The number of hydrogen-bond acceptors (Lipinski definition) is 8. The van der Waals surface area contributed by atoms with Crippen LogP contribution in [0, 0.1) is 5.41 Å². The summed E-state index contributed by atoms with van der Waals surface area (Å²) in [6.07, 6.45) is 5.03. The van der Waals surface area contributed by atoms with Crippen molar-refractivity contribution < 1.29 is 9.18 Å². The van der Waals surface area contributed by atoms with Gasteiger partial charge in [-0.05, 0) is 17.9 Å². The molecule has 33 heavy (non-hydrogen) atoms. The molecule has 2 atom stereocenters. The molecule has 0 radical (unpaired) electrons. The molecule has 5 rings (SSSR count). The van der Waals surface area contributed by atoms with Crippen molar-refractivity contribution in [3.63, 3.8) is 0 Å². The van der Waals surface area contributed by atoms with E-state index in [-0.39, 0.29) is 35.9 Å². The number of fused-ring (bicyclic) bond motifs is 1. The second-order valence-corrected chi connectivity index (χ2v) is 9.42. The lowest BCUT2D eigenvalue weighted by Crippen LogP contribution is -2.49. The van der Waals surface area contributed by atoms with Crippen molar-refractivity contribution in [2.75, 3.05) is 18.8 Å². The molecule has 2 aliphatic rings. The minimum atomic E-state index is -1.01. The van der Waals surface area contributed by atoms with Crippen LogP contribution < -0.4 is 16.4 Å². The summed E-state index contributed by atoms with van der Waals surface area (Å²) in [5.74, 6) is 0.0508. The largest absolute Gasteiger partial charge is 0.382 e. The third-order valence-corrected chi connectivity index (χ3v) is 5.98. The topological polar surface area (TPSA) is 137 Å². The summed E-state index contributed by atoms with van der Waals surface area (Å²) in [6, 6.07) is 1.36. The van der Waals surface area contributed by atoms with Gasteiger partial charge in [-0.25, -0.2) is 24.3 Å². The van der Waals surface area contributed by atoms with Crippen LogP contribution in [-0.2, 0) is 13.0 Å². The highest BCUT2D eigenvalue weighted by Crippen LogP contribution is 2.36. The van der Waals surface area contributed by atoms with Gasteiger partial charge in [-0.1, -0.05) is 13.8 Å². The Bertz CT molecular complexity index is 1210. The van der Waals surface area contributed by atoms with Crippen molar-refractivity contribution >= 4 is 11.7 Å². The third-order valence-electron chi connectivity index (χ3n) is 5.98. The Kier molecular flexibility index (Phi) is 5.28. The van der Waals surface area contributed by atoms with Gasteiger partial charge in [0.25, 0.3) is 5.91 Å².